The van der Waals surface area contributed by atoms with E-state index in [9.17, 15) is 0 Å². The first kappa shape index (κ1) is 14.5. The van der Waals surface area contributed by atoms with Crippen molar-refractivity contribution >= 4 is 11.3 Å². The predicted octanol–water partition coefficient (Wildman–Crippen LogP) is 2.18. The van der Waals surface area contributed by atoms with Crippen molar-refractivity contribution in [2.24, 2.45) is 5.73 Å². The summed E-state index contributed by atoms with van der Waals surface area (Å²) in [7, 11) is 2.11. The zero-order valence-electron chi connectivity index (χ0n) is 13.0. The van der Waals surface area contributed by atoms with Gasteiger partial charge in [-0.25, -0.2) is 4.98 Å². The quantitative estimate of drug-likeness (QED) is 0.784. The highest BCUT2D eigenvalue weighted by Gasteiger charge is 2.08. The summed E-state index contributed by atoms with van der Waals surface area (Å²) in [6.45, 7) is 3.50. The third-order valence-corrected chi connectivity index (χ3v) is 3.91. The van der Waals surface area contributed by atoms with E-state index in [1.54, 1.807) is 0 Å². The summed E-state index contributed by atoms with van der Waals surface area (Å²) < 4.78 is 2.07. The molecule has 0 unspecified atom stereocenters. The van der Waals surface area contributed by atoms with Crippen LogP contribution in [0.1, 0.15) is 16.8 Å². The maximum Gasteiger partial charge on any atom is 0.140 e. The van der Waals surface area contributed by atoms with E-state index >= 15 is 0 Å². The molecule has 0 aliphatic rings. The van der Waals surface area contributed by atoms with Gasteiger partial charge in [0.1, 0.15) is 5.65 Å². The third kappa shape index (κ3) is 2.94. The van der Waals surface area contributed by atoms with Crippen LogP contribution in [-0.4, -0.2) is 28.0 Å². The van der Waals surface area contributed by atoms with Gasteiger partial charge in [0, 0.05) is 44.9 Å². The average Bonchev–Trinajstić information content (AvgIpc) is 2.97. The SMILES string of the molecule is Cc1cc(N(C)CCc2ccncc2)cn2cc(CN)nc12. The van der Waals surface area contributed by atoms with Crippen molar-refractivity contribution in [2.45, 2.75) is 19.9 Å². The van der Waals surface area contributed by atoms with Gasteiger partial charge in [-0.3, -0.25) is 4.98 Å². The number of imidazole rings is 1. The Morgan fingerprint density at radius 3 is 2.73 bits per heavy atom. The van der Waals surface area contributed by atoms with Gasteiger partial charge < -0.3 is 15.0 Å². The molecule has 0 bridgehead atoms. The normalized spacial score (nSPS) is 11.0. The van der Waals surface area contributed by atoms with Crippen molar-refractivity contribution in [1.29, 1.82) is 0 Å². The molecule has 3 aromatic rings. The zero-order chi connectivity index (χ0) is 15.5. The monoisotopic (exact) mass is 295 g/mol. The van der Waals surface area contributed by atoms with E-state index < -0.39 is 0 Å². The maximum absolute atomic E-state index is 5.68. The lowest BCUT2D eigenvalue weighted by atomic mass is 10.2. The minimum absolute atomic E-state index is 0.467. The highest BCUT2D eigenvalue weighted by molar-refractivity contribution is 5.57. The molecule has 0 saturated carbocycles. The van der Waals surface area contributed by atoms with Crippen LogP contribution in [0.4, 0.5) is 5.69 Å². The summed E-state index contributed by atoms with van der Waals surface area (Å²) in [4.78, 5) is 10.8. The standard InChI is InChI=1S/C17H21N5/c1-13-9-16(12-22-11-15(10-18)20-17(13)22)21(2)8-5-14-3-6-19-7-4-14/h3-4,6-7,9,11-12H,5,8,10,18H2,1-2H3. The number of likely N-dealkylation sites (N-methyl/N-ethyl adjacent to an activating group) is 1. The van der Waals surface area contributed by atoms with Crippen LogP contribution in [0.25, 0.3) is 5.65 Å². The van der Waals surface area contributed by atoms with Crippen LogP contribution in [-0.2, 0) is 13.0 Å². The van der Waals surface area contributed by atoms with E-state index in [1.165, 1.54) is 11.3 Å². The van der Waals surface area contributed by atoms with Crippen molar-refractivity contribution in [3.63, 3.8) is 0 Å². The molecule has 0 aliphatic heterocycles. The van der Waals surface area contributed by atoms with Crippen molar-refractivity contribution in [3.8, 4) is 0 Å². The number of nitrogens with two attached hydrogens (primary N) is 1. The average molecular weight is 295 g/mol. The van der Waals surface area contributed by atoms with Gasteiger partial charge in [-0.1, -0.05) is 0 Å². The van der Waals surface area contributed by atoms with E-state index in [2.05, 4.69) is 57.6 Å². The van der Waals surface area contributed by atoms with Crippen LogP contribution >= 0.6 is 0 Å². The first-order valence-corrected chi connectivity index (χ1v) is 7.45. The molecule has 2 N–H and O–H groups in total. The molecule has 5 heteroatoms. The van der Waals surface area contributed by atoms with Crippen LogP contribution in [0.3, 0.4) is 0 Å². The molecule has 0 saturated heterocycles. The highest BCUT2D eigenvalue weighted by atomic mass is 15.1. The van der Waals surface area contributed by atoms with E-state index in [0.717, 1.165) is 29.9 Å². The zero-order valence-corrected chi connectivity index (χ0v) is 13.0. The van der Waals surface area contributed by atoms with Crippen LogP contribution in [0, 0.1) is 6.92 Å². The van der Waals surface area contributed by atoms with Gasteiger partial charge in [0.2, 0.25) is 0 Å². The Morgan fingerprint density at radius 1 is 1.23 bits per heavy atom. The fourth-order valence-electron chi connectivity index (χ4n) is 2.58. The minimum Gasteiger partial charge on any atom is -0.373 e. The topological polar surface area (TPSA) is 59.5 Å². The highest BCUT2D eigenvalue weighted by Crippen LogP contribution is 2.19. The van der Waals surface area contributed by atoms with Crippen LogP contribution < -0.4 is 10.6 Å². The Bertz CT molecular complexity index is 763. The second-order valence-electron chi connectivity index (χ2n) is 5.58. The van der Waals surface area contributed by atoms with Crippen molar-refractivity contribution in [2.75, 3.05) is 18.5 Å². The first-order chi connectivity index (χ1) is 10.7. The van der Waals surface area contributed by atoms with E-state index in [4.69, 9.17) is 5.73 Å². The number of hydrogen-bond acceptors (Lipinski definition) is 4. The number of aryl methyl sites for hydroxylation is 1. The third-order valence-electron chi connectivity index (χ3n) is 3.91. The molecule has 0 aliphatic carbocycles. The molecule has 0 radical (unpaired) electrons. The van der Waals surface area contributed by atoms with Gasteiger partial charge in [0.05, 0.1) is 11.4 Å². The Morgan fingerprint density at radius 2 is 2.00 bits per heavy atom. The fourth-order valence-corrected chi connectivity index (χ4v) is 2.58. The largest absolute Gasteiger partial charge is 0.373 e. The molecule has 3 rings (SSSR count). The lowest BCUT2D eigenvalue weighted by Gasteiger charge is -2.20. The smallest absolute Gasteiger partial charge is 0.140 e. The lowest BCUT2D eigenvalue weighted by Crippen LogP contribution is -2.20. The Balaban J connectivity index is 1.80. The number of pyridine rings is 2. The summed E-state index contributed by atoms with van der Waals surface area (Å²) in [5, 5.41) is 0. The molecule has 3 heterocycles. The van der Waals surface area contributed by atoms with Crippen molar-refractivity contribution in [3.05, 3.63) is 59.8 Å². The Hall–Kier alpha value is -2.40. The first-order valence-electron chi connectivity index (χ1n) is 7.45. The molecule has 3 aromatic heterocycles. The predicted molar refractivity (Wildman–Crippen MR) is 89.0 cm³/mol. The van der Waals surface area contributed by atoms with Crippen LogP contribution in [0.15, 0.2) is 43.0 Å². The van der Waals surface area contributed by atoms with Crippen molar-refractivity contribution in [1.82, 2.24) is 14.4 Å². The Kier molecular flexibility index (Phi) is 4.06. The second kappa shape index (κ2) is 6.15. The molecule has 0 fully saturated rings. The fraction of sp³-hybridized carbons (Fsp3) is 0.294. The van der Waals surface area contributed by atoms with Crippen LogP contribution in [0.5, 0.6) is 0 Å². The summed E-state index contributed by atoms with van der Waals surface area (Å²) >= 11 is 0. The van der Waals surface area contributed by atoms with Gasteiger partial charge in [-0.05, 0) is 42.7 Å². The van der Waals surface area contributed by atoms with Crippen molar-refractivity contribution < 1.29 is 0 Å². The number of rotatable bonds is 5. The molecule has 0 amide bonds. The summed E-state index contributed by atoms with van der Waals surface area (Å²) in [5.74, 6) is 0. The molecule has 0 aromatic carbocycles. The van der Waals surface area contributed by atoms with E-state index in [0.29, 0.717) is 6.54 Å². The number of anilines is 1. The molecule has 22 heavy (non-hydrogen) atoms. The maximum atomic E-state index is 5.68. The minimum atomic E-state index is 0.467. The number of aromatic nitrogens is 3. The van der Waals surface area contributed by atoms with Gasteiger partial charge in [-0.15, -0.1) is 0 Å². The number of nitrogens with zero attached hydrogens (tertiary/aromatic N) is 4. The molecule has 0 spiro atoms. The molecule has 5 nitrogen and oxygen atoms in total. The summed E-state index contributed by atoms with van der Waals surface area (Å²) in [6, 6.07) is 6.30. The Labute approximate surface area is 130 Å². The van der Waals surface area contributed by atoms with E-state index in [1.807, 2.05) is 18.6 Å². The summed E-state index contributed by atoms with van der Waals surface area (Å²) in [6.07, 6.45) is 8.79. The van der Waals surface area contributed by atoms with Gasteiger partial charge >= 0.3 is 0 Å². The molecule has 0 atom stereocenters. The van der Waals surface area contributed by atoms with Gasteiger partial charge in [0.15, 0.2) is 0 Å². The molecular weight excluding hydrogens is 274 g/mol. The number of hydrogen-bond donors (Lipinski definition) is 1. The van der Waals surface area contributed by atoms with Gasteiger partial charge in [0.25, 0.3) is 0 Å². The van der Waals surface area contributed by atoms with Crippen LogP contribution in [0.2, 0.25) is 0 Å². The second-order valence-corrected chi connectivity index (χ2v) is 5.58. The van der Waals surface area contributed by atoms with E-state index in [-0.39, 0.29) is 0 Å². The van der Waals surface area contributed by atoms with Gasteiger partial charge in [-0.2, -0.15) is 0 Å². The lowest BCUT2D eigenvalue weighted by molar-refractivity contribution is 0.869. The summed E-state index contributed by atoms with van der Waals surface area (Å²) in [5.41, 5.74) is 11.2. The molecule has 114 valence electrons. The number of fused-ring (bicyclic) bond motifs is 1. The molecular formula is C17H21N5.